The average Bonchev–Trinajstić information content (AvgIpc) is 2.98. The van der Waals surface area contributed by atoms with E-state index in [2.05, 4.69) is 21.4 Å². The number of guanidine groups is 1. The van der Waals surface area contributed by atoms with Crippen LogP contribution in [0.5, 0.6) is 0 Å². The molecule has 1 aliphatic carbocycles. The minimum absolute atomic E-state index is 0.0170. The molecule has 0 aromatic heterocycles. The normalized spacial score (nSPS) is 34.7. The molecule has 0 spiro atoms. The molecule has 0 bridgehead atoms. The van der Waals surface area contributed by atoms with Gasteiger partial charge in [-0.1, -0.05) is 0 Å². The first-order chi connectivity index (χ1) is 21.3. The Kier molecular flexibility index (Phi) is 16.3. The Balaban J connectivity index is 0.00000345. The SMILES string of the molecule is CN.C[C@]1(O)COC(O[C@H]2C(NC(=O)C(O)CCN=C(N)N)CC(N)[C@@H](O[C@@H]3CCC=C(CNCC(N)CO)O3)C2O)C(O)C1. The van der Waals surface area contributed by atoms with Gasteiger partial charge in [-0.2, -0.15) is 0 Å². The van der Waals surface area contributed by atoms with Crippen molar-refractivity contribution < 1.29 is 49.3 Å². The maximum absolute atomic E-state index is 12.8. The van der Waals surface area contributed by atoms with Crippen LogP contribution in [0.1, 0.15) is 39.0 Å². The fraction of sp³-hybridized carbons (Fsp3) is 0.852. The predicted molar refractivity (Wildman–Crippen MR) is 163 cm³/mol. The Hall–Kier alpha value is -2.20. The predicted octanol–water partition coefficient (Wildman–Crippen LogP) is -5.28. The topological polar surface area (TPSA) is 322 Å². The monoisotopic (exact) mass is 650 g/mol. The van der Waals surface area contributed by atoms with Gasteiger partial charge < -0.3 is 83.8 Å². The van der Waals surface area contributed by atoms with E-state index in [1.807, 2.05) is 6.08 Å². The van der Waals surface area contributed by atoms with Crippen LogP contribution in [-0.2, 0) is 23.7 Å². The van der Waals surface area contributed by atoms with Crippen LogP contribution in [0.4, 0.5) is 0 Å². The number of ether oxygens (including phenoxy) is 4. The van der Waals surface area contributed by atoms with E-state index in [1.54, 1.807) is 0 Å². The quantitative estimate of drug-likeness (QED) is 0.0617. The molecule has 18 heteroatoms. The standard InChI is InChI=1S/C26H49N7O10.CH5N/c1-26(39)8-18(36)24(40-12-26)43-22-16(33-23(38)17(35)5-6-32-25(29)30)7-15(28)21(20(22)37)42-19-4-2-3-14(41-19)10-31-9-13(27)11-34;1-2/h3,13,15-22,24,31,34-37,39H,2,4-12,27-28H2,1H3,(H,33,38)(H4,29,30,32);2H2,1H3/t13?,15?,16?,17?,18?,19-,20?,21-,22+,24?,26-;/m1./s1. The highest BCUT2D eigenvalue weighted by Crippen LogP contribution is 2.32. The van der Waals surface area contributed by atoms with E-state index < -0.39 is 72.7 Å². The van der Waals surface area contributed by atoms with Gasteiger partial charge in [-0.3, -0.25) is 9.79 Å². The zero-order chi connectivity index (χ0) is 33.7. The molecule has 3 rings (SSSR count). The van der Waals surface area contributed by atoms with Gasteiger partial charge in [-0.05, 0) is 32.9 Å². The molecule has 2 aliphatic heterocycles. The molecule has 0 aromatic rings. The Labute approximate surface area is 263 Å². The Morgan fingerprint density at radius 3 is 2.60 bits per heavy atom. The lowest BCUT2D eigenvalue weighted by atomic mass is 9.83. The molecule has 1 amide bonds. The second-order valence-corrected chi connectivity index (χ2v) is 11.6. The number of allylic oxidation sites excluding steroid dienone is 1. The van der Waals surface area contributed by atoms with Gasteiger partial charge in [0, 0.05) is 44.4 Å². The molecule has 2 heterocycles. The van der Waals surface area contributed by atoms with Gasteiger partial charge in [0.15, 0.2) is 18.5 Å². The summed E-state index contributed by atoms with van der Waals surface area (Å²) in [4.78, 5) is 16.6. The van der Waals surface area contributed by atoms with Gasteiger partial charge in [-0.25, -0.2) is 0 Å². The molecule has 18 nitrogen and oxygen atoms in total. The molecule has 1 saturated carbocycles. The number of carbonyl (C=O) groups is 1. The van der Waals surface area contributed by atoms with Gasteiger partial charge >= 0.3 is 0 Å². The van der Waals surface area contributed by atoms with Crippen molar-refractivity contribution in [1.82, 2.24) is 10.6 Å². The molecule has 2 fully saturated rings. The van der Waals surface area contributed by atoms with Crippen LogP contribution in [0.3, 0.4) is 0 Å². The lowest BCUT2D eigenvalue weighted by Crippen LogP contribution is -2.67. The summed E-state index contributed by atoms with van der Waals surface area (Å²) < 4.78 is 23.7. The molecule has 0 aromatic carbocycles. The molecule has 7 unspecified atom stereocenters. The Morgan fingerprint density at radius 1 is 1.24 bits per heavy atom. The van der Waals surface area contributed by atoms with Gasteiger partial charge in [-0.15, -0.1) is 0 Å². The number of nitrogens with zero attached hydrogens (tertiary/aromatic N) is 1. The third kappa shape index (κ3) is 12.5. The summed E-state index contributed by atoms with van der Waals surface area (Å²) in [5.41, 5.74) is 26.0. The van der Waals surface area contributed by atoms with E-state index in [0.29, 0.717) is 31.7 Å². The van der Waals surface area contributed by atoms with Crippen LogP contribution >= 0.6 is 0 Å². The number of hydrogen-bond donors (Lipinski definition) is 12. The first-order valence-electron chi connectivity index (χ1n) is 15.1. The van der Waals surface area contributed by atoms with Crippen LogP contribution in [0.25, 0.3) is 0 Å². The first-order valence-corrected chi connectivity index (χ1v) is 15.1. The number of aliphatic hydroxyl groups excluding tert-OH is 4. The van der Waals surface area contributed by atoms with E-state index in [-0.39, 0.29) is 45.0 Å². The number of amides is 1. The van der Waals surface area contributed by atoms with Gasteiger partial charge in [0.05, 0.1) is 31.4 Å². The molecule has 1 saturated heterocycles. The lowest BCUT2D eigenvalue weighted by molar-refractivity contribution is -0.297. The van der Waals surface area contributed by atoms with Crippen LogP contribution < -0.4 is 39.3 Å². The van der Waals surface area contributed by atoms with Gasteiger partial charge in [0.25, 0.3) is 0 Å². The number of nitrogens with one attached hydrogen (secondary N) is 2. The van der Waals surface area contributed by atoms with Crippen LogP contribution in [-0.4, -0.2) is 144 Å². The second-order valence-electron chi connectivity index (χ2n) is 11.6. The zero-order valence-corrected chi connectivity index (χ0v) is 26.0. The number of aliphatic hydroxyl groups is 5. The second kappa shape index (κ2) is 18.8. The van der Waals surface area contributed by atoms with Crippen molar-refractivity contribution in [2.45, 2.75) is 106 Å². The summed E-state index contributed by atoms with van der Waals surface area (Å²) >= 11 is 0. The van der Waals surface area contributed by atoms with Crippen molar-refractivity contribution in [3.63, 3.8) is 0 Å². The van der Waals surface area contributed by atoms with Crippen molar-refractivity contribution >= 4 is 11.9 Å². The molecule has 11 atom stereocenters. The van der Waals surface area contributed by atoms with Crippen molar-refractivity contribution in [2.24, 2.45) is 33.7 Å². The summed E-state index contributed by atoms with van der Waals surface area (Å²) in [6, 6.07) is -2.10. The van der Waals surface area contributed by atoms with E-state index >= 15 is 0 Å². The third-order valence-electron chi connectivity index (χ3n) is 7.46. The Bertz CT molecular complexity index is 957. The minimum atomic E-state index is -1.46. The maximum Gasteiger partial charge on any atom is 0.249 e. The smallest absolute Gasteiger partial charge is 0.249 e. The molecular weight excluding hydrogens is 596 g/mol. The van der Waals surface area contributed by atoms with Crippen molar-refractivity contribution in [3.05, 3.63) is 11.8 Å². The average molecular weight is 651 g/mol. The van der Waals surface area contributed by atoms with Crippen molar-refractivity contribution in [3.8, 4) is 0 Å². The fourth-order valence-electron chi connectivity index (χ4n) is 5.21. The summed E-state index contributed by atoms with van der Waals surface area (Å²) in [6.45, 7) is 2.00. The largest absolute Gasteiger partial charge is 0.468 e. The van der Waals surface area contributed by atoms with E-state index in [1.165, 1.54) is 14.0 Å². The van der Waals surface area contributed by atoms with Crippen LogP contribution in [0, 0.1) is 0 Å². The number of aliphatic imine (C=N–C) groups is 1. The molecule has 262 valence electrons. The molecule has 17 N–H and O–H groups in total. The highest BCUT2D eigenvalue weighted by atomic mass is 16.7. The van der Waals surface area contributed by atoms with E-state index in [4.69, 9.17) is 47.0 Å². The van der Waals surface area contributed by atoms with Gasteiger partial charge in [0.1, 0.15) is 36.3 Å². The number of nitrogens with two attached hydrogens (primary N) is 5. The molecule has 0 radical (unpaired) electrons. The number of rotatable bonds is 14. The van der Waals surface area contributed by atoms with E-state index in [9.17, 15) is 25.2 Å². The third-order valence-corrected chi connectivity index (χ3v) is 7.46. The van der Waals surface area contributed by atoms with Crippen molar-refractivity contribution in [2.75, 3.05) is 39.9 Å². The highest BCUT2D eigenvalue weighted by molar-refractivity contribution is 5.81. The van der Waals surface area contributed by atoms with Crippen molar-refractivity contribution in [1.29, 1.82) is 0 Å². The van der Waals surface area contributed by atoms with Crippen LogP contribution in [0.2, 0.25) is 0 Å². The Morgan fingerprint density at radius 2 is 1.96 bits per heavy atom. The molecule has 45 heavy (non-hydrogen) atoms. The minimum Gasteiger partial charge on any atom is -0.468 e. The zero-order valence-electron chi connectivity index (χ0n) is 26.0. The fourth-order valence-corrected chi connectivity index (χ4v) is 5.21. The summed E-state index contributed by atoms with van der Waals surface area (Å²) in [5, 5.41) is 57.5. The number of hydrogen-bond acceptors (Lipinski definition) is 15. The first kappa shape index (κ1) is 39.0. The summed E-state index contributed by atoms with van der Waals surface area (Å²) in [7, 11) is 1.50. The molecule has 3 aliphatic rings. The van der Waals surface area contributed by atoms with Gasteiger partial charge in [0.2, 0.25) is 5.91 Å². The maximum atomic E-state index is 12.8. The molecular formula is C27H54N8O10. The summed E-state index contributed by atoms with van der Waals surface area (Å²) in [6.07, 6.45) is -5.22. The lowest BCUT2D eigenvalue weighted by Gasteiger charge is -2.47. The summed E-state index contributed by atoms with van der Waals surface area (Å²) in [5.74, 6) is -0.320. The van der Waals surface area contributed by atoms with Crippen LogP contribution in [0.15, 0.2) is 16.8 Å². The number of carbonyl (C=O) groups excluding carboxylic acids is 1. The van der Waals surface area contributed by atoms with E-state index in [0.717, 1.165) is 0 Å². The highest BCUT2D eigenvalue weighted by Gasteiger charge is 2.49.